The number of carbonyl (C=O) groups excluding carboxylic acids is 1. The van der Waals surface area contributed by atoms with Crippen molar-refractivity contribution in [2.24, 2.45) is 5.73 Å². The molecule has 32 heavy (non-hydrogen) atoms. The molecule has 0 aromatic heterocycles. The van der Waals surface area contributed by atoms with E-state index in [0.717, 1.165) is 11.3 Å². The summed E-state index contributed by atoms with van der Waals surface area (Å²) in [7, 11) is 5.14. The Hall–Kier alpha value is -3.76. The zero-order valence-electron chi connectivity index (χ0n) is 18.4. The van der Waals surface area contributed by atoms with Crippen LogP contribution < -0.4 is 10.5 Å². The lowest BCUT2D eigenvalue weighted by atomic mass is 9.72. The fourth-order valence-corrected chi connectivity index (χ4v) is 4.74. The normalized spacial score (nSPS) is 21.0. The molecular formula is C25H26N4O3. The molecule has 0 saturated heterocycles. The molecule has 1 aliphatic heterocycles. The summed E-state index contributed by atoms with van der Waals surface area (Å²) in [6.45, 7) is 0. The molecular weight excluding hydrogens is 404 g/mol. The van der Waals surface area contributed by atoms with Crippen molar-refractivity contribution in [1.29, 1.82) is 5.26 Å². The summed E-state index contributed by atoms with van der Waals surface area (Å²) in [5.74, 6) is -0.0352. The van der Waals surface area contributed by atoms with Crippen LogP contribution in [0.2, 0.25) is 0 Å². The number of allylic oxidation sites excluding steroid dienone is 3. The van der Waals surface area contributed by atoms with Gasteiger partial charge in [-0.1, -0.05) is 36.4 Å². The molecule has 2 atom stereocenters. The maximum Gasteiger partial charge on any atom is 0.162 e. The van der Waals surface area contributed by atoms with E-state index in [0.29, 0.717) is 35.4 Å². The third-order valence-corrected chi connectivity index (χ3v) is 6.15. The second kappa shape index (κ2) is 8.40. The quantitative estimate of drug-likeness (QED) is 0.767. The predicted molar refractivity (Wildman–Crippen MR) is 120 cm³/mol. The molecule has 7 heteroatoms. The minimum Gasteiger partial charge on any atom is -0.504 e. The van der Waals surface area contributed by atoms with E-state index < -0.39 is 5.92 Å². The Kier molecular flexibility index (Phi) is 5.64. The predicted octanol–water partition coefficient (Wildman–Crippen LogP) is 3.37. The lowest BCUT2D eigenvalue weighted by molar-refractivity contribution is -0.117. The molecule has 2 aliphatic rings. The third-order valence-electron chi connectivity index (χ3n) is 6.15. The molecule has 164 valence electrons. The van der Waals surface area contributed by atoms with Gasteiger partial charge in [-0.05, 0) is 35.6 Å². The molecule has 0 amide bonds. The average molecular weight is 431 g/mol. The number of Topliss-reactive ketones (excluding diaryl/α,β-unsaturated/α-hetero) is 1. The number of hydrogen-bond donors (Lipinski definition) is 2. The van der Waals surface area contributed by atoms with Crippen LogP contribution in [-0.4, -0.2) is 42.1 Å². The molecule has 4 rings (SSSR count). The van der Waals surface area contributed by atoms with Crippen molar-refractivity contribution in [3.63, 3.8) is 0 Å². The molecule has 3 N–H and O–H groups in total. The van der Waals surface area contributed by atoms with Crippen LogP contribution in [-0.2, 0) is 4.79 Å². The van der Waals surface area contributed by atoms with Crippen LogP contribution in [0, 0.1) is 11.3 Å². The van der Waals surface area contributed by atoms with Crippen molar-refractivity contribution < 1.29 is 14.6 Å². The van der Waals surface area contributed by atoms with Crippen molar-refractivity contribution in [2.45, 2.75) is 24.7 Å². The molecule has 0 spiro atoms. The van der Waals surface area contributed by atoms with Gasteiger partial charge in [-0.2, -0.15) is 5.26 Å². The molecule has 1 aliphatic carbocycles. The standard InChI is InChI=1S/C25H26N4O3/c1-28(2)29-19-11-17(15-7-5-4-6-8-15)12-21(31)24(19)23(18(14-26)25(29)27)16-9-10-20(30)22(13-16)32-3/h4-10,13,17,23,30H,11-12,27H2,1-3H3/t17-,23-/m0/s1. The number of rotatable bonds is 4. The number of carbonyl (C=O) groups is 1. The lowest BCUT2D eigenvalue weighted by Crippen LogP contribution is -2.46. The summed E-state index contributed by atoms with van der Waals surface area (Å²) < 4.78 is 5.27. The molecule has 0 unspecified atom stereocenters. The molecule has 7 nitrogen and oxygen atoms in total. The first-order valence-corrected chi connectivity index (χ1v) is 10.4. The SMILES string of the molecule is COc1cc([C@H]2C(C#N)=C(N)N(N(C)C)C3=C2C(=O)C[C@@H](c2ccccc2)C3)ccc1O. The van der Waals surface area contributed by atoms with Gasteiger partial charge in [0.2, 0.25) is 0 Å². The van der Waals surface area contributed by atoms with Gasteiger partial charge in [-0.3, -0.25) is 9.80 Å². The Morgan fingerprint density at radius 2 is 1.88 bits per heavy atom. The summed E-state index contributed by atoms with van der Waals surface area (Å²) in [5, 5.41) is 23.7. The summed E-state index contributed by atoms with van der Waals surface area (Å²) >= 11 is 0. The highest BCUT2D eigenvalue weighted by Gasteiger charge is 2.43. The van der Waals surface area contributed by atoms with Gasteiger partial charge in [0.1, 0.15) is 5.82 Å². The number of phenols is 1. The second-order valence-electron chi connectivity index (χ2n) is 8.23. The number of nitriles is 1. The average Bonchev–Trinajstić information content (AvgIpc) is 2.78. The number of nitrogens with zero attached hydrogens (tertiary/aromatic N) is 3. The zero-order chi connectivity index (χ0) is 23.0. The smallest absolute Gasteiger partial charge is 0.162 e. The molecule has 0 fully saturated rings. The van der Waals surface area contributed by atoms with Gasteiger partial charge in [0.05, 0.1) is 24.7 Å². The Bertz CT molecular complexity index is 1160. The van der Waals surface area contributed by atoms with Crippen LogP contribution >= 0.6 is 0 Å². The number of methoxy groups -OCH3 is 1. The van der Waals surface area contributed by atoms with Gasteiger partial charge >= 0.3 is 0 Å². The van der Waals surface area contributed by atoms with E-state index in [1.807, 2.05) is 44.4 Å². The van der Waals surface area contributed by atoms with E-state index in [2.05, 4.69) is 6.07 Å². The zero-order valence-corrected chi connectivity index (χ0v) is 18.4. The van der Waals surface area contributed by atoms with E-state index in [1.165, 1.54) is 13.2 Å². The Morgan fingerprint density at radius 1 is 1.16 bits per heavy atom. The fourth-order valence-electron chi connectivity index (χ4n) is 4.74. The molecule has 0 saturated carbocycles. The van der Waals surface area contributed by atoms with Crippen molar-refractivity contribution in [2.75, 3.05) is 21.2 Å². The highest BCUT2D eigenvalue weighted by Crippen LogP contribution is 2.48. The van der Waals surface area contributed by atoms with Crippen LogP contribution in [0.1, 0.15) is 35.8 Å². The van der Waals surface area contributed by atoms with Gasteiger partial charge in [0, 0.05) is 31.8 Å². The number of phenolic OH excluding ortho intramolecular Hbond substituents is 1. The second-order valence-corrected chi connectivity index (χ2v) is 8.23. The van der Waals surface area contributed by atoms with E-state index in [4.69, 9.17) is 10.5 Å². The van der Waals surface area contributed by atoms with Gasteiger partial charge in [-0.25, -0.2) is 5.01 Å². The van der Waals surface area contributed by atoms with Crippen LogP contribution in [0.25, 0.3) is 0 Å². The number of ether oxygens (including phenoxy) is 1. The van der Waals surface area contributed by atoms with Gasteiger partial charge in [0.25, 0.3) is 0 Å². The Morgan fingerprint density at radius 3 is 2.50 bits per heavy atom. The van der Waals surface area contributed by atoms with Crippen molar-refractivity contribution in [3.8, 4) is 17.6 Å². The topological polar surface area (TPSA) is 103 Å². The van der Waals surface area contributed by atoms with Crippen LogP contribution in [0.5, 0.6) is 11.5 Å². The Balaban J connectivity index is 1.91. The highest BCUT2D eigenvalue weighted by molar-refractivity contribution is 6.00. The van der Waals surface area contributed by atoms with Crippen molar-refractivity contribution >= 4 is 5.78 Å². The minimum absolute atomic E-state index is 0.00856. The monoisotopic (exact) mass is 430 g/mol. The number of aromatic hydroxyl groups is 1. The molecule has 0 bridgehead atoms. The number of nitrogens with two attached hydrogens (primary N) is 1. The van der Waals surface area contributed by atoms with Gasteiger partial charge in [-0.15, -0.1) is 0 Å². The van der Waals surface area contributed by atoms with Crippen LogP contribution in [0.4, 0.5) is 0 Å². The van der Waals surface area contributed by atoms with E-state index in [9.17, 15) is 15.2 Å². The molecule has 2 aromatic rings. The van der Waals surface area contributed by atoms with Crippen molar-refractivity contribution in [3.05, 3.63) is 82.3 Å². The largest absolute Gasteiger partial charge is 0.504 e. The van der Waals surface area contributed by atoms with Gasteiger partial charge < -0.3 is 15.6 Å². The first kappa shape index (κ1) is 21.5. The lowest BCUT2D eigenvalue weighted by Gasteiger charge is -2.43. The highest BCUT2D eigenvalue weighted by atomic mass is 16.5. The number of hydrogen-bond acceptors (Lipinski definition) is 7. The first-order chi connectivity index (χ1) is 15.4. The molecule has 1 heterocycles. The maximum absolute atomic E-state index is 13.6. The molecule has 0 radical (unpaired) electrons. The van der Waals surface area contributed by atoms with E-state index >= 15 is 0 Å². The Labute approximate surface area is 187 Å². The van der Waals surface area contributed by atoms with E-state index in [1.54, 1.807) is 22.2 Å². The van der Waals surface area contributed by atoms with Gasteiger partial charge in [0.15, 0.2) is 17.3 Å². The minimum atomic E-state index is -0.620. The van der Waals surface area contributed by atoms with Crippen molar-refractivity contribution in [1.82, 2.24) is 10.0 Å². The summed E-state index contributed by atoms with van der Waals surface area (Å²) in [4.78, 5) is 13.6. The first-order valence-electron chi connectivity index (χ1n) is 10.4. The fraction of sp³-hybridized carbons (Fsp3) is 0.280. The molecule has 2 aromatic carbocycles. The number of ketones is 1. The number of benzene rings is 2. The summed E-state index contributed by atoms with van der Waals surface area (Å²) in [6.07, 6.45) is 0.975. The third kappa shape index (κ3) is 3.49. The maximum atomic E-state index is 13.6. The van der Waals surface area contributed by atoms with Crippen LogP contribution in [0.3, 0.4) is 0 Å². The van der Waals surface area contributed by atoms with Crippen LogP contribution in [0.15, 0.2) is 71.2 Å². The van der Waals surface area contributed by atoms with E-state index in [-0.39, 0.29) is 23.2 Å². The number of hydrazine groups is 1. The summed E-state index contributed by atoms with van der Waals surface area (Å²) in [5.41, 5.74) is 9.97. The summed E-state index contributed by atoms with van der Waals surface area (Å²) in [6, 6.07) is 17.1.